The molecule has 0 atom stereocenters. The van der Waals surface area contributed by atoms with Gasteiger partial charge in [0.25, 0.3) is 0 Å². The van der Waals surface area contributed by atoms with Crippen LogP contribution in [0, 0.1) is 20.8 Å². The minimum Gasteiger partial charge on any atom is -0.0905 e. The van der Waals surface area contributed by atoms with E-state index in [2.05, 4.69) is 98.0 Å². The lowest BCUT2D eigenvalue weighted by Gasteiger charge is -2.18. The molecule has 0 spiro atoms. The zero-order valence-corrected chi connectivity index (χ0v) is 17.0. The van der Waals surface area contributed by atoms with E-state index >= 15 is 0 Å². The molecule has 0 saturated heterocycles. The minimum atomic E-state index is 0.317. The summed E-state index contributed by atoms with van der Waals surface area (Å²) in [6.07, 6.45) is 0. The van der Waals surface area contributed by atoms with Gasteiger partial charge >= 0.3 is 0 Å². The summed E-state index contributed by atoms with van der Waals surface area (Å²) in [5.74, 6) is 0. The van der Waals surface area contributed by atoms with Crippen molar-refractivity contribution in [2.75, 3.05) is 0 Å². The molecule has 3 nitrogen and oxygen atoms in total. The summed E-state index contributed by atoms with van der Waals surface area (Å²) in [6.45, 7) is 11.1. The van der Waals surface area contributed by atoms with E-state index in [1.807, 2.05) is 0 Å². The number of fused-ring (bicyclic) bond motifs is 3. The van der Waals surface area contributed by atoms with Gasteiger partial charge in [-0.2, -0.15) is 0 Å². The first-order chi connectivity index (χ1) is 14.0. The van der Waals surface area contributed by atoms with Gasteiger partial charge in [0.1, 0.15) is 0 Å². The average molecular weight is 377 g/mol. The molecule has 29 heavy (non-hydrogen) atoms. The van der Waals surface area contributed by atoms with E-state index in [4.69, 9.17) is 5.53 Å². The normalized spacial score (nSPS) is 10.9. The third-order valence-electron chi connectivity index (χ3n) is 5.59. The van der Waals surface area contributed by atoms with E-state index in [-0.39, 0.29) is 0 Å². The van der Waals surface area contributed by atoms with Crippen LogP contribution in [-0.2, 0) is 6.54 Å². The van der Waals surface area contributed by atoms with Gasteiger partial charge in [-0.05, 0) is 81.2 Å². The second-order valence-electron chi connectivity index (χ2n) is 7.63. The molecule has 0 aliphatic carbocycles. The van der Waals surface area contributed by atoms with Crippen LogP contribution in [0.2, 0.25) is 0 Å². The van der Waals surface area contributed by atoms with E-state index < -0.39 is 0 Å². The number of aryl methyl sites for hydroxylation is 3. The fourth-order valence-electron chi connectivity index (χ4n) is 4.44. The van der Waals surface area contributed by atoms with Crippen molar-refractivity contribution in [1.82, 2.24) is 0 Å². The summed E-state index contributed by atoms with van der Waals surface area (Å²) in [5.41, 5.74) is 16.6. The number of benzene rings is 4. The zero-order chi connectivity index (χ0) is 20.5. The van der Waals surface area contributed by atoms with Gasteiger partial charge in [-0.15, -0.1) is 0 Å². The standard InChI is InChI=1S/C26H23N3/c1-16-13-18(3)24(22(14-16)15-28-29-27)19(4)23-10-6-9-21-12-11-20-8-5-7-17(2)25(20)26(21)23/h5-14H,4,15H2,1-3H3. The van der Waals surface area contributed by atoms with Crippen LogP contribution in [0.5, 0.6) is 0 Å². The number of hydrogen-bond donors (Lipinski definition) is 0. The average Bonchev–Trinajstić information content (AvgIpc) is 2.71. The van der Waals surface area contributed by atoms with Crippen molar-refractivity contribution in [2.45, 2.75) is 27.3 Å². The smallest absolute Gasteiger partial charge is 0.0517 e. The van der Waals surface area contributed by atoms with Crippen LogP contribution in [0.4, 0.5) is 0 Å². The fraction of sp³-hybridized carbons (Fsp3) is 0.154. The molecule has 4 aromatic carbocycles. The lowest BCUT2D eigenvalue weighted by molar-refractivity contribution is 1.03. The molecule has 0 aliphatic rings. The van der Waals surface area contributed by atoms with Gasteiger partial charge < -0.3 is 0 Å². The molecule has 0 radical (unpaired) electrons. The third-order valence-corrected chi connectivity index (χ3v) is 5.59. The van der Waals surface area contributed by atoms with Crippen LogP contribution in [0.3, 0.4) is 0 Å². The molecule has 0 amide bonds. The topological polar surface area (TPSA) is 48.8 Å². The van der Waals surface area contributed by atoms with E-state index in [1.165, 1.54) is 27.1 Å². The van der Waals surface area contributed by atoms with E-state index in [0.717, 1.165) is 33.4 Å². The Kier molecular flexibility index (Phi) is 4.84. The maximum absolute atomic E-state index is 8.84. The van der Waals surface area contributed by atoms with E-state index in [9.17, 15) is 0 Å². The Morgan fingerprint density at radius 1 is 0.897 bits per heavy atom. The highest BCUT2D eigenvalue weighted by Crippen LogP contribution is 2.37. The lowest BCUT2D eigenvalue weighted by Crippen LogP contribution is -1.99. The number of nitrogens with zero attached hydrogens (tertiary/aromatic N) is 3. The Hall–Kier alpha value is -3.55. The van der Waals surface area contributed by atoms with Crippen LogP contribution in [0.1, 0.15) is 33.4 Å². The molecule has 0 aromatic heterocycles. The molecule has 0 heterocycles. The minimum absolute atomic E-state index is 0.317. The SMILES string of the molecule is C=C(c1c(C)cc(C)cc1CN=[N+]=[N-])c1cccc2ccc3cccc(C)c3c12. The number of rotatable bonds is 4. The van der Waals surface area contributed by atoms with Gasteiger partial charge in [0.05, 0.1) is 6.54 Å². The van der Waals surface area contributed by atoms with Crippen LogP contribution < -0.4 is 0 Å². The first-order valence-corrected chi connectivity index (χ1v) is 9.73. The Morgan fingerprint density at radius 2 is 1.59 bits per heavy atom. The summed E-state index contributed by atoms with van der Waals surface area (Å²) >= 11 is 0. The molecule has 142 valence electrons. The second-order valence-corrected chi connectivity index (χ2v) is 7.63. The van der Waals surface area contributed by atoms with Crippen molar-refractivity contribution < 1.29 is 0 Å². The van der Waals surface area contributed by atoms with Gasteiger partial charge in [0.15, 0.2) is 0 Å². The molecular formula is C26H23N3. The van der Waals surface area contributed by atoms with Crippen LogP contribution >= 0.6 is 0 Å². The summed E-state index contributed by atoms with van der Waals surface area (Å²) in [7, 11) is 0. The van der Waals surface area contributed by atoms with Crippen molar-refractivity contribution >= 4 is 27.1 Å². The molecule has 0 aliphatic heterocycles. The van der Waals surface area contributed by atoms with Crippen LogP contribution in [0.25, 0.3) is 37.6 Å². The zero-order valence-electron chi connectivity index (χ0n) is 17.0. The molecule has 4 aromatic rings. The Balaban J connectivity index is 2.04. The summed E-state index contributed by atoms with van der Waals surface area (Å²) in [4.78, 5) is 2.96. The van der Waals surface area contributed by atoms with Crippen LogP contribution in [0.15, 0.2) is 72.4 Å². The van der Waals surface area contributed by atoms with Gasteiger partial charge in [0.2, 0.25) is 0 Å². The van der Waals surface area contributed by atoms with Gasteiger partial charge in [-0.3, -0.25) is 0 Å². The number of azide groups is 1. The first kappa shape index (κ1) is 18.8. The predicted octanol–water partition coefficient (Wildman–Crippen LogP) is 7.79. The van der Waals surface area contributed by atoms with Crippen molar-refractivity contribution in [2.24, 2.45) is 5.11 Å². The quantitative estimate of drug-likeness (QED) is 0.151. The van der Waals surface area contributed by atoms with Gasteiger partial charge in [-0.1, -0.05) is 77.9 Å². The Bertz CT molecular complexity index is 1330. The van der Waals surface area contributed by atoms with Crippen molar-refractivity contribution in [1.29, 1.82) is 0 Å². The maximum Gasteiger partial charge on any atom is 0.0517 e. The highest BCUT2D eigenvalue weighted by atomic mass is 15.1. The fourth-order valence-corrected chi connectivity index (χ4v) is 4.44. The van der Waals surface area contributed by atoms with Gasteiger partial charge in [0, 0.05) is 4.91 Å². The molecule has 0 bridgehead atoms. The Morgan fingerprint density at radius 3 is 2.31 bits per heavy atom. The van der Waals surface area contributed by atoms with E-state index in [0.29, 0.717) is 6.54 Å². The lowest BCUT2D eigenvalue weighted by atomic mass is 9.86. The van der Waals surface area contributed by atoms with Crippen molar-refractivity contribution in [3.63, 3.8) is 0 Å². The summed E-state index contributed by atoms with van der Waals surface area (Å²) in [5, 5.41) is 8.75. The van der Waals surface area contributed by atoms with Crippen molar-refractivity contribution in [3.05, 3.63) is 111 Å². The molecule has 0 unspecified atom stereocenters. The summed E-state index contributed by atoms with van der Waals surface area (Å²) < 4.78 is 0. The monoisotopic (exact) mass is 377 g/mol. The van der Waals surface area contributed by atoms with Gasteiger partial charge in [-0.25, -0.2) is 0 Å². The second kappa shape index (κ2) is 7.46. The molecule has 0 saturated carbocycles. The first-order valence-electron chi connectivity index (χ1n) is 9.73. The molecular weight excluding hydrogens is 354 g/mol. The molecule has 4 rings (SSSR count). The van der Waals surface area contributed by atoms with Crippen LogP contribution in [-0.4, -0.2) is 0 Å². The summed E-state index contributed by atoms with van der Waals surface area (Å²) in [6, 6.07) is 21.4. The van der Waals surface area contributed by atoms with E-state index in [1.54, 1.807) is 0 Å². The highest BCUT2D eigenvalue weighted by molar-refractivity contribution is 6.14. The Labute approximate surface area is 170 Å². The maximum atomic E-state index is 8.84. The highest BCUT2D eigenvalue weighted by Gasteiger charge is 2.16. The van der Waals surface area contributed by atoms with Crippen molar-refractivity contribution in [3.8, 4) is 0 Å². The number of hydrogen-bond acceptors (Lipinski definition) is 1. The third kappa shape index (κ3) is 3.26. The predicted molar refractivity (Wildman–Crippen MR) is 123 cm³/mol. The molecule has 0 N–H and O–H groups in total. The largest absolute Gasteiger partial charge is 0.0905 e. The molecule has 3 heteroatoms. The molecule has 0 fully saturated rings.